The van der Waals surface area contributed by atoms with Crippen molar-refractivity contribution in [3.63, 3.8) is 0 Å². The number of hydrogen-bond donors (Lipinski definition) is 0. The van der Waals surface area contributed by atoms with Crippen molar-refractivity contribution >= 4 is 41.0 Å². The highest BCUT2D eigenvalue weighted by molar-refractivity contribution is 7.99. The molecular formula is C29H30ClNO2S2. The zero-order chi connectivity index (χ0) is 24.4. The number of halogens is 1. The second kappa shape index (κ2) is 10.9. The molecule has 0 N–H and O–H groups in total. The van der Waals surface area contributed by atoms with Crippen molar-refractivity contribution < 1.29 is 9.53 Å². The van der Waals surface area contributed by atoms with Gasteiger partial charge >= 0.3 is 0 Å². The number of aryl methyl sites for hydroxylation is 1. The number of nitrogens with zero attached hydrogens (tertiary/aromatic N) is 1. The van der Waals surface area contributed by atoms with E-state index >= 15 is 0 Å². The van der Waals surface area contributed by atoms with Gasteiger partial charge in [0, 0.05) is 46.0 Å². The van der Waals surface area contributed by atoms with Crippen LogP contribution in [0.25, 0.3) is 0 Å². The molecule has 6 heteroatoms. The van der Waals surface area contributed by atoms with Gasteiger partial charge in [-0.3, -0.25) is 4.79 Å². The zero-order valence-electron chi connectivity index (χ0n) is 20.1. The molecule has 0 aromatic heterocycles. The summed E-state index contributed by atoms with van der Waals surface area (Å²) in [6, 6.07) is 23.2. The van der Waals surface area contributed by atoms with Crippen molar-refractivity contribution in [2.75, 3.05) is 6.26 Å². The SMILES string of the molecule is CSc1ccc(SCc2ccc(C(=O)N3C4CCC3CC(Oc3cc(C)ccc3Cl)C4)cc2)cc1. The second-order valence-electron chi connectivity index (χ2n) is 9.40. The van der Waals surface area contributed by atoms with E-state index < -0.39 is 0 Å². The molecule has 1 amide bonds. The fourth-order valence-corrected chi connectivity index (χ4v) is 6.59. The average Bonchev–Trinajstić information content (AvgIpc) is 3.15. The summed E-state index contributed by atoms with van der Waals surface area (Å²) in [4.78, 5) is 18.1. The second-order valence-corrected chi connectivity index (χ2v) is 11.7. The largest absolute Gasteiger partial charge is 0.489 e. The summed E-state index contributed by atoms with van der Waals surface area (Å²) >= 11 is 9.93. The first-order valence-corrected chi connectivity index (χ1v) is 14.7. The molecule has 2 aliphatic rings. The van der Waals surface area contributed by atoms with Crippen LogP contribution in [0.15, 0.2) is 76.5 Å². The number of fused-ring (bicyclic) bond motifs is 2. The predicted molar refractivity (Wildman–Crippen MR) is 147 cm³/mol. The topological polar surface area (TPSA) is 29.5 Å². The lowest BCUT2D eigenvalue weighted by Gasteiger charge is -2.39. The molecular weight excluding hydrogens is 494 g/mol. The van der Waals surface area contributed by atoms with Gasteiger partial charge in [0.05, 0.1) is 5.02 Å². The molecule has 2 saturated heterocycles. The van der Waals surface area contributed by atoms with Gasteiger partial charge in [0.2, 0.25) is 0 Å². The number of amides is 1. The van der Waals surface area contributed by atoms with E-state index in [4.69, 9.17) is 16.3 Å². The van der Waals surface area contributed by atoms with Gasteiger partial charge in [0.1, 0.15) is 11.9 Å². The van der Waals surface area contributed by atoms with Gasteiger partial charge < -0.3 is 9.64 Å². The standard InChI is InChI=1S/C29H30ClNO2S2/c1-19-3-14-27(30)28(15-19)33-24-16-22-8-9-23(17-24)31(22)29(32)21-6-4-20(5-7-21)18-35-26-12-10-25(34-2)11-13-26/h3-7,10-15,22-24H,8-9,16-18H2,1-2H3. The normalized spacial score (nSPS) is 21.2. The van der Waals surface area contributed by atoms with E-state index in [1.165, 1.54) is 15.4 Å². The third kappa shape index (κ3) is 5.68. The molecule has 5 rings (SSSR count). The van der Waals surface area contributed by atoms with Crippen LogP contribution in [0.1, 0.15) is 47.2 Å². The molecule has 2 atom stereocenters. The number of piperidine rings is 1. The Kier molecular flexibility index (Phi) is 7.66. The molecule has 182 valence electrons. The number of benzene rings is 3. The fraction of sp³-hybridized carbons (Fsp3) is 0.345. The Balaban J connectivity index is 1.19. The highest BCUT2D eigenvalue weighted by Crippen LogP contribution is 2.39. The molecule has 0 radical (unpaired) electrons. The number of thioether (sulfide) groups is 2. The third-order valence-corrected chi connectivity index (χ3v) is 9.11. The Hall–Kier alpha value is -2.08. The van der Waals surface area contributed by atoms with E-state index in [-0.39, 0.29) is 24.1 Å². The zero-order valence-corrected chi connectivity index (χ0v) is 22.5. The molecule has 2 bridgehead atoms. The van der Waals surface area contributed by atoms with Crippen molar-refractivity contribution in [1.29, 1.82) is 0 Å². The minimum absolute atomic E-state index is 0.0974. The number of hydrogen-bond acceptors (Lipinski definition) is 4. The Morgan fingerprint density at radius 3 is 2.29 bits per heavy atom. The van der Waals surface area contributed by atoms with Crippen LogP contribution < -0.4 is 4.74 Å². The van der Waals surface area contributed by atoms with Crippen LogP contribution in [0.2, 0.25) is 5.02 Å². The van der Waals surface area contributed by atoms with Gasteiger partial charge in [0.25, 0.3) is 5.91 Å². The maximum atomic E-state index is 13.4. The van der Waals surface area contributed by atoms with Gasteiger partial charge in [-0.15, -0.1) is 23.5 Å². The summed E-state index contributed by atoms with van der Waals surface area (Å²) in [5.41, 5.74) is 3.14. The summed E-state index contributed by atoms with van der Waals surface area (Å²) in [5, 5.41) is 0.650. The molecule has 3 aromatic rings. The van der Waals surface area contributed by atoms with Gasteiger partial charge in [-0.25, -0.2) is 0 Å². The maximum absolute atomic E-state index is 13.4. The van der Waals surface area contributed by atoms with Crippen LogP contribution in [-0.2, 0) is 5.75 Å². The van der Waals surface area contributed by atoms with Gasteiger partial charge in [0.15, 0.2) is 0 Å². The van der Waals surface area contributed by atoms with Crippen molar-refractivity contribution in [3.05, 3.63) is 88.4 Å². The monoisotopic (exact) mass is 523 g/mol. The molecule has 0 aliphatic carbocycles. The maximum Gasteiger partial charge on any atom is 0.254 e. The number of carbonyl (C=O) groups is 1. The molecule has 2 unspecified atom stereocenters. The Morgan fingerprint density at radius 1 is 0.971 bits per heavy atom. The van der Waals surface area contributed by atoms with Gasteiger partial charge in [-0.1, -0.05) is 29.8 Å². The first-order chi connectivity index (χ1) is 17.0. The van der Waals surface area contributed by atoms with Crippen molar-refractivity contribution in [2.24, 2.45) is 0 Å². The van der Waals surface area contributed by atoms with E-state index in [1.54, 1.807) is 11.8 Å². The minimum atomic E-state index is 0.0974. The van der Waals surface area contributed by atoms with E-state index in [9.17, 15) is 4.79 Å². The van der Waals surface area contributed by atoms with Gasteiger partial charge in [-0.2, -0.15) is 0 Å². The van der Waals surface area contributed by atoms with E-state index in [1.807, 2.05) is 49.0 Å². The van der Waals surface area contributed by atoms with E-state index in [0.29, 0.717) is 5.02 Å². The lowest BCUT2D eigenvalue weighted by atomic mass is 9.98. The van der Waals surface area contributed by atoms with Crippen LogP contribution in [-0.4, -0.2) is 35.3 Å². The summed E-state index contributed by atoms with van der Waals surface area (Å²) < 4.78 is 6.30. The predicted octanol–water partition coefficient (Wildman–Crippen LogP) is 7.88. The van der Waals surface area contributed by atoms with Crippen molar-refractivity contribution in [1.82, 2.24) is 4.90 Å². The number of ether oxygens (including phenoxy) is 1. The fourth-order valence-electron chi connectivity index (χ4n) is 5.17. The quantitative estimate of drug-likeness (QED) is 0.294. The average molecular weight is 524 g/mol. The molecule has 0 spiro atoms. The van der Waals surface area contributed by atoms with Crippen LogP contribution >= 0.6 is 35.1 Å². The molecule has 3 aromatic carbocycles. The highest BCUT2D eigenvalue weighted by Gasteiger charge is 2.44. The number of carbonyl (C=O) groups excluding carboxylic acids is 1. The Bertz CT molecular complexity index is 1170. The van der Waals surface area contributed by atoms with E-state index in [2.05, 4.69) is 47.6 Å². The van der Waals surface area contributed by atoms with Crippen LogP contribution in [0, 0.1) is 6.92 Å². The lowest BCUT2D eigenvalue weighted by Crippen LogP contribution is -2.49. The van der Waals surface area contributed by atoms with Crippen molar-refractivity contribution in [3.8, 4) is 5.75 Å². The summed E-state index contributed by atoms with van der Waals surface area (Å²) in [6.45, 7) is 2.04. The molecule has 3 nitrogen and oxygen atoms in total. The first-order valence-electron chi connectivity index (χ1n) is 12.1. The molecule has 2 fully saturated rings. The summed E-state index contributed by atoms with van der Waals surface area (Å²) in [7, 11) is 0. The lowest BCUT2D eigenvalue weighted by molar-refractivity contribution is 0.0359. The van der Waals surface area contributed by atoms with Crippen LogP contribution in [0.3, 0.4) is 0 Å². The molecule has 2 heterocycles. The summed E-state index contributed by atoms with van der Waals surface area (Å²) in [6.07, 6.45) is 5.99. The molecule has 2 aliphatic heterocycles. The van der Waals surface area contributed by atoms with E-state index in [0.717, 1.165) is 48.3 Å². The highest BCUT2D eigenvalue weighted by atomic mass is 35.5. The smallest absolute Gasteiger partial charge is 0.254 e. The summed E-state index contributed by atoms with van der Waals surface area (Å²) in [5.74, 6) is 1.80. The Labute approximate surface area is 221 Å². The van der Waals surface area contributed by atoms with Crippen LogP contribution in [0.4, 0.5) is 0 Å². The minimum Gasteiger partial charge on any atom is -0.489 e. The molecule has 0 saturated carbocycles. The van der Waals surface area contributed by atoms with Gasteiger partial charge in [-0.05, 0) is 85.7 Å². The Morgan fingerprint density at radius 2 is 1.63 bits per heavy atom. The third-order valence-electron chi connectivity index (χ3n) is 6.97. The number of rotatable bonds is 7. The first kappa shape index (κ1) is 24.6. The van der Waals surface area contributed by atoms with Crippen molar-refractivity contribution in [2.45, 2.75) is 66.3 Å². The van der Waals surface area contributed by atoms with Crippen LogP contribution in [0.5, 0.6) is 5.75 Å². The molecule has 35 heavy (non-hydrogen) atoms.